The Balaban J connectivity index is 2.12. The molecule has 2 aromatic carbocycles. The van der Waals surface area contributed by atoms with Gasteiger partial charge in [-0.15, -0.1) is 0 Å². The Kier molecular flexibility index (Phi) is 4.77. The Hall–Kier alpha value is -2.29. The molecule has 2 rings (SSSR count). The van der Waals surface area contributed by atoms with Gasteiger partial charge in [0.2, 0.25) is 0 Å². The molecule has 0 radical (unpaired) electrons. The van der Waals surface area contributed by atoms with E-state index in [0.29, 0.717) is 0 Å². The second kappa shape index (κ2) is 6.75. The SMILES string of the molecule is C[C@@H](CC(=O)O)Oc1ccccc1Cc1ccccc1. The molecule has 0 saturated carbocycles. The van der Waals surface area contributed by atoms with E-state index in [9.17, 15) is 4.79 Å². The first-order valence-electron chi connectivity index (χ1n) is 6.65. The fourth-order valence-corrected chi connectivity index (χ4v) is 2.08. The standard InChI is InChI=1S/C17H18O3/c1-13(11-17(18)19)20-16-10-6-5-9-15(16)12-14-7-3-2-4-8-14/h2-10,13H,11-12H2,1H3,(H,18,19)/t13-/m0/s1. The normalized spacial score (nSPS) is 11.8. The number of para-hydroxylation sites is 1. The first-order chi connectivity index (χ1) is 9.65. The van der Waals surface area contributed by atoms with Gasteiger partial charge in [0.15, 0.2) is 0 Å². The summed E-state index contributed by atoms with van der Waals surface area (Å²) in [6, 6.07) is 17.9. The minimum atomic E-state index is -0.849. The van der Waals surface area contributed by atoms with Crippen LogP contribution in [0.2, 0.25) is 0 Å². The molecule has 0 saturated heterocycles. The van der Waals surface area contributed by atoms with Gasteiger partial charge in [-0.25, -0.2) is 0 Å². The lowest BCUT2D eigenvalue weighted by Gasteiger charge is -2.16. The van der Waals surface area contributed by atoms with Crippen molar-refractivity contribution in [2.24, 2.45) is 0 Å². The summed E-state index contributed by atoms with van der Waals surface area (Å²) in [5.41, 5.74) is 2.27. The van der Waals surface area contributed by atoms with Crippen LogP contribution >= 0.6 is 0 Å². The van der Waals surface area contributed by atoms with Crippen molar-refractivity contribution < 1.29 is 14.6 Å². The molecule has 1 N–H and O–H groups in total. The van der Waals surface area contributed by atoms with Crippen LogP contribution in [0.15, 0.2) is 54.6 Å². The van der Waals surface area contributed by atoms with E-state index in [-0.39, 0.29) is 12.5 Å². The molecule has 3 heteroatoms. The van der Waals surface area contributed by atoms with Crippen LogP contribution in [0, 0.1) is 0 Å². The largest absolute Gasteiger partial charge is 0.490 e. The fourth-order valence-electron chi connectivity index (χ4n) is 2.08. The van der Waals surface area contributed by atoms with Crippen LogP contribution in [0.1, 0.15) is 24.5 Å². The molecule has 0 fully saturated rings. The average molecular weight is 270 g/mol. The van der Waals surface area contributed by atoms with Crippen LogP contribution in [0.5, 0.6) is 5.75 Å². The molecule has 1 atom stereocenters. The highest BCUT2D eigenvalue weighted by atomic mass is 16.5. The van der Waals surface area contributed by atoms with E-state index in [2.05, 4.69) is 12.1 Å². The maximum absolute atomic E-state index is 10.7. The Morgan fingerprint density at radius 2 is 1.75 bits per heavy atom. The van der Waals surface area contributed by atoms with Crippen molar-refractivity contribution in [2.75, 3.05) is 0 Å². The van der Waals surface area contributed by atoms with Gasteiger partial charge in [0.25, 0.3) is 0 Å². The summed E-state index contributed by atoms with van der Waals surface area (Å²) in [6.07, 6.45) is 0.431. The van der Waals surface area contributed by atoms with Gasteiger partial charge in [-0.3, -0.25) is 4.79 Å². The average Bonchev–Trinajstić information content (AvgIpc) is 2.41. The minimum Gasteiger partial charge on any atom is -0.490 e. The molecule has 0 spiro atoms. The molecule has 0 aliphatic rings. The lowest BCUT2D eigenvalue weighted by atomic mass is 10.0. The quantitative estimate of drug-likeness (QED) is 0.873. The second-order valence-corrected chi connectivity index (χ2v) is 4.80. The first kappa shape index (κ1) is 14.1. The summed E-state index contributed by atoms with van der Waals surface area (Å²) in [4.78, 5) is 10.7. The number of benzene rings is 2. The van der Waals surface area contributed by atoms with Crippen LogP contribution < -0.4 is 4.74 Å². The predicted molar refractivity (Wildman–Crippen MR) is 78.0 cm³/mol. The van der Waals surface area contributed by atoms with E-state index < -0.39 is 5.97 Å². The Morgan fingerprint density at radius 1 is 1.10 bits per heavy atom. The Morgan fingerprint density at radius 3 is 2.45 bits per heavy atom. The number of hydrogen-bond donors (Lipinski definition) is 1. The summed E-state index contributed by atoms with van der Waals surface area (Å²) < 4.78 is 5.75. The number of ether oxygens (including phenoxy) is 1. The van der Waals surface area contributed by atoms with Gasteiger partial charge >= 0.3 is 5.97 Å². The number of aliphatic carboxylic acids is 1. The molecule has 2 aromatic rings. The third-order valence-corrected chi connectivity index (χ3v) is 3.00. The topological polar surface area (TPSA) is 46.5 Å². The third kappa shape index (κ3) is 4.12. The van der Waals surface area contributed by atoms with E-state index >= 15 is 0 Å². The lowest BCUT2D eigenvalue weighted by Crippen LogP contribution is -2.17. The van der Waals surface area contributed by atoms with Gasteiger partial charge < -0.3 is 9.84 Å². The molecule has 104 valence electrons. The summed E-state index contributed by atoms with van der Waals surface area (Å²) in [6.45, 7) is 1.77. The van der Waals surface area contributed by atoms with Gasteiger partial charge in [0, 0.05) is 6.42 Å². The van der Waals surface area contributed by atoms with Crippen molar-refractivity contribution in [1.29, 1.82) is 0 Å². The maximum Gasteiger partial charge on any atom is 0.307 e. The summed E-state index contributed by atoms with van der Waals surface area (Å²) in [5, 5.41) is 8.79. The molecular weight excluding hydrogens is 252 g/mol. The molecule has 0 bridgehead atoms. The van der Waals surface area contributed by atoms with Crippen molar-refractivity contribution in [3.05, 3.63) is 65.7 Å². The van der Waals surface area contributed by atoms with Crippen LogP contribution in [-0.4, -0.2) is 17.2 Å². The van der Waals surface area contributed by atoms with Crippen molar-refractivity contribution >= 4 is 5.97 Å². The smallest absolute Gasteiger partial charge is 0.307 e. The predicted octanol–water partition coefficient (Wildman–Crippen LogP) is 3.52. The zero-order valence-corrected chi connectivity index (χ0v) is 11.5. The molecule has 0 aromatic heterocycles. The van der Waals surface area contributed by atoms with Gasteiger partial charge in [-0.2, -0.15) is 0 Å². The Labute approximate surface area is 118 Å². The van der Waals surface area contributed by atoms with Crippen molar-refractivity contribution in [2.45, 2.75) is 25.9 Å². The number of carboxylic acids is 1. The van der Waals surface area contributed by atoms with E-state index in [0.717, 1.165) is 17.7 Å². The highest BCUT2D eigenvalue weighted by Gasteiger charge is 2.11. The molecule has 3 nitrogen and oxygen atoms in total. The van der Waals surface area contributed by atoms with Crippen molar-refractivity contribution in [3.8, 4) is 5.75 Å². The number of carboxylic acid groups (broad SMARTS) is 1. The van der Waals surface area contributed by atoms with Crippen LogP contribution in [0.3, 0.4) is 0 Å². The number of rotatable bonds is 6. The van der Waals surface area contributed by atoms with E-state index in [1.165, 1.54) is 5.56 Å². The summed E-state index contributed by atoms with van der Waals surface area (Å²) in [5.74, 6) is -0.0943. The molecule has 0 aliphatic heterocycles. The van der Waals surface area contributed by atoms with E-state index in [4.69, 9.17) is 9.84 Å². The minimum absolute atomic E-state index is 0.000326. The van der Waals surface area contributed by atoms with Crippen molar-refractivity contribution in [1.82, 2.24) is 0 Å². The monoisotopic (exact) mass is 270 g/mol. The van der Waals surface area contributed by atoms with Gasteiger partial charge in [-0.05, 0) is 24.1 Å². The second-order valence-electron chi connectivity index (χ2n) is 4.80. The van der Waals surface area contributed by atoms with Crippen molar-refractivity contribution in [3.63, 3.8) is 0 Å². The van der Waals surface area contributed by atoms with Gasteiger partial charge in [0.05, 0.1) is 6.42 Å². The number of carbonyl (C=O) groups is 1. The van der Waals surface area contributed by atoms with Gasteiger partial charge in [-0.1, -0.05) is 48.5 Å². The van der Waals surface area contributed by atoms with Crippen LogP contribution in [-0.2, 0) is 11.2 Å². The molecule has 0 aliphatic carbocycles. The lowest BCUT2D eigenvalue weighted by molar-refractivity contribution is -0.138. The zero-order chi connectivity index (χ0) is 14.4. The molecule has 0 heterocycles. The van der Waals surface area contributed by atoms with Crippen LogP contribution in [0.25, 0.3) is 0 Å². The maximum atomic E-state index is 10.7. The Bertz CT molecular complexity index is 563. The zero-order valence-electron chi connectivity index (χ0n) is 11.5. The van der Waals surface area contributed by atoms with Gasteiger partial charge in [0.1, 0.15) is 11.9 Å². The highest BCUT2D eigenvalue weighted by molar-refractivity contribution is 5.67. The number of hydrogen-bond acceptors (Lipinski definition) is 2. The van der Waals surface area contributed by atoms with E-state index in [1.54, 1.807) is 6.92 Å². The van der Waals surface area contributed by atoms with Crippen LogP contribution in [0.4, 0.5) is 0 Å². The molecule has 20 heavy (non-hydrogen) atoms. The molecular formula is C17H18O3. The fraction of sp³-hybridized carbons (Fsp3) is 0.235. The highest BCUT2D eigenvalue weighted by Crippen LogP contribution is 2.23. The molecule has 0 amide bonds. The summed E-state index contributed by atoms with van der Waals surface area (Å²) >= 11 is 0. The summed E-state index contributed by atoms with van der Waals surface area (Å²) in [7, 11) is 0. The van der Waals surface area contributed by atoms with E-state index in [1.807, 2.05) is 42.5 Å². The first-order valence-corrected chi connectivity index (χ1v) is 6.65. The molecule has 0 unspecified atom stereocenters. The third-order valence-electron chi connectivity index (χ3n) is 3.00.